The molecule has 2 aliphatic rings. The molecule has 0 bridgehead atoms. The van der Waals surface area contributed by atoms with Crippen LogP contribution in [0.2, 0.25) is 0 Å². The van der Waals surface area contributed by atoms with Crippen molar-refractivity contribution in [3.63, 3.8) is 0 Å². The summed E-state index contributed by atoms with van der Waals surface area (Å²) in [5.41, 5.74) is -0.102. The summed E-state index contributed by atoms with van der Waals surface area (Å²) in [6, 6.07) is 0.287. The van der Waals surface area contributed by atoms with Gasteiger partial charge in [-0.3, -0.25) is 4.79 Å². The molecule has 1 aromatic heterocycles. The molecule has 2 aliphatic heterocycles. The van der Waals surface area contributed by atoms with Gasteiger partial charge in [0.2, 0.25) is 0 Å². The molecule has 3 rings (SSSR count). The van der Waals surface area contributed by atoms with Crippen LogP contribution in [0.3, 0.4) is 0 Å². The first kappa shape index (κ1) is 22.9. The van der Waals surface area contributed by atoms with Gasteiger partial charge in [0.15, 0.2) is 6.10 Å². The van der Waals surface area contributed by atoms with Gasteiger partial charge in [-0.05, 0) is 52.9 Å². The Kier molecular flexibility index (Phi) is 7.01. The number of nitrogens with zero attached hydrogens (tertiary/aromatic N) is 3. The van der Waals surface area contributed by atoms with Crippen molar-refractivity contribution in [1.29, 1.82) is 0 Å². The molecule has 1 amide bonds. The molecule has 0 aromatic carbocycles. The molecule has 166 valence electrons. The van der Waals surface area contributed by atoms with E-state index >= 15 is 0 Å². The van der Waals surface area contributed by atoms with Crippen LogP contribution in [0.25, 0.3) is 0 Å². The topological polar surface area (TPSA) is 114 Å². The van der Waals surface area contributed by atoms with Crippen LogP contribution in [0.4, 0.5) is 0 Å². The van der Waals surface area contributed by atoms with E-state index in [2.05, 4.69) is 9.97 Å². The Balaban J connectivity index is 1.46. The second-order valence-electron chi connectivity index (χ2n) is 9.02. The van der Waals surface area contributed by atoms with Gasteiger partial charge < -0.3 is 29.2 Å². The quantitative estimate of drug-likeness (QED) is 0.598. The van der Waals surface area contributed by atoms with E-state index in [0.29, 0.717) is 19.7 Å². The number of aliphatic hydroxyl groups excluding tert-OH is 2. The summed E-state index contributed by atoms with van der Waals surface area (Å²) in [6.45, 7) is 9.03. The molecule has 10 heteroatoms. The molecule has 0 aliphatic carbocycles. The van der Waals surface area contributed by atoms with E-state index in [9.17, 15) is 9.90 Å². The van der Waals surface area contributed by atoms with Crippen molar-refractivity contribution >= 4 is 18.5 Å². The Morgan fingerprint density at radius 2 is 1.93 bits per heavy atom. The maximum Gasteiger partial charge on any atom is 0.498 e. The summed E-state index contributed by atoms with van der Waals surface area (Å²) in [5, 5.41) is 18.5. The lowest BCUT2D eigenvalue weighted by Crippen LogP contribution is -2.46. The number of ether oxygens (including phenoxy) is 1. The summed E-state index contributed by atoms with van der Waals surface area (Å²) in [6.07, 6.45) is 4.58. The van der Waals surface area contributed by atoms with Crippen molar-refractivity contribution in [2.45, 2.75) is 64.3 Å². The zero-order valence-electron chi connectivity index (χ0n) is 18.2. The molecular weight excluding hydrogens is 389 g/mol. The Hall–Kier alpha value is -1.75. The van der Waals surface area contributed by atoms with Crippen LogP contribution in [0, 0.1) is 5.92 Å². The highest BCUT2D eigenvalue weighted by atomic mass is 16.7. The molecule has 2 N–H and O–H groups in total. The maximum atomic E-state index is 12.0. The van der Waals surface area contributed by atoms with E-state index in [-0.39, 0.29) is 11.9 Å². The summed E-state index contributed by atoms with van der Waals surface area (Å²) in [4.78, 5) is 22.2. The Bertz CT molecular complexity index is 714. The molecule has 0 unspecified atom stereocenters. The smallest absolute Gasteiger partial charge is 0.463 e. The van der Waals surface area contributed by atoms with Gasteiger partial charge in [0.1, 0.15) is 0 Å². The van der Waals surface area contributed by atoms with Gasteiger partial charge in [-0.1, -0.05) is 0 Å². The van der Waals surface area contributed by atoms with Crippen molar-refractivity contribution in [3.8, 4) is 6.01 Å². The molecule has 1 aromatic rings. The molecule has 30 heavy (non-hydrogen) atoms. The van der Waals surface area contributed by atoms with Crippen LogP contribution in [-0.4, -0.2) is 81.7 Å². The van der Waals surface area contributed by atoms with E-state index in [1.54, 1.807) is 17.3 Å². The summed E-state index contributed by atoms with van der Waals surface area (Å²) >= 11 is 0. The van der Waals surface area contributed by atoms with Crippen LogP contribution >= 0.6 is 0 Å². The standard InChI is InChI=1S/C20H32BN3O6/c1-19(2)20(3,4)30-21(29-19)15-10-22-18(23-11-15)28-9-7-14-6-5-8-24(12-14)17(27)16(26)13-25/h10-11,14,16,25-26H,5-9,12-13H2,1-4H3/t14-,16+/m0/s1. The highest BCUT2D eigenvalue weighted by molar-refractivity contribution is 6.61. The number of amides is 1. The number of aromatic nitrogens is 2. The average Bonchev–Trinajstić information content (AvgIpc) is 2.94. The fourth-order valence-corrected chi connectivity index (χ4v) is 3.61. The largest absolute Gasteiger partial charge is 0.498 e. The van der Waals surface area contributed by atoms with E-state index in [0.717, 1.165) is 24.7 Å². The predicted octanol–water partition coefficient (Wildman–Crippen LogP) is 0.137. The lowest BCUT2D eigenvalue weighted by Gasteiger charge is -2.33. The van der Waals surface area contributed by atoms with Gasteiger partial charge in [-0.2, -0.15) is 0 Å². The number of likely N-dealkylation sites (tertiary alicyclic amines) is 1. The highest BCUT2D eigenvalue weighted by Crippen LogP contribution is 2.36. The fraction of sp³-hybridized carbons (Fsp3) is 0.750. The second-order valence-corrected chi connectivity index (χ2v) is 9.02. The molecular formula is C20H32BN3O6. The van der Waals surface area contributed by atoms with Gasteiger partial charge in [0.25, 0.3) is 5.91 Å². The molecule has 9 nitrogen and oxygen atoms in total. The zero-order chi connectivity index (χ0) is 21.9. The molecule has 0 spiro atoms. The third-order valence-corrected chi connectivity index (χ3v) is 6.22. The average molecular weight is 421 g/mol. The lowest BCUT2D eigenvalue weighted by molar-refractivity contribution is -0.144. The molecule has 0 radical (unpaired) electrons. The van der Waals surface area contributed by atoms with E-state index < -0.39 is 36.9 Å². The monoisotopic (exact) mass is 421 g/mol. The third-order valence-electron chi connectivity index (χ3n) is 6.22. The third kappa shape index (κ3) is 5.11. The fourth-order valence-electron chi connectivity index (χ4n) is 3.61. The normalized spacial score (nSPS) is 24.0. The van der Waals surface area contributed by atoms with Crippen molar-refractivity contribution in [2.75, 3.05) is 26.3 Å². The van der Waals surface area contributed by atoms with Crippen LogP contribution in [-0.2, 0) is 14.1 Å². The first-order valence-corrected chi connectivity index (χ1v) is 10.5. The second kappa shape index (κ2) is 9.17. The molecule has 3 heterocycles. The SMILES string of the molecule is CC1(C)OB(c2cnc(OCC[C@@H]3CCCN(C(=O)[C@H](O)CO)C3)nc2)OC1(C)C. The Morgan fingerprint density at radius 3 is 2.53 bits per heavy atom. The van der Waals surface area contributed by atoms with Crippen LogP contribution < -0.4 is 10.2 Å². The predicted molar refractivity (Wildman–Crippen MR) is 110 cm³/mol. The van der Waals surface area contributed by atoms with Crippen molar-refractivity contribution in [1.82, 2.24) is 14.9 Å². The summed E-state index contributed by atoms with van der Waals surface area (Å²) in [7, 11) is -0.510. The first-order valence-electron chi connectivity index (χ1n) is 10.5. The van der Waals surface area contributed by atoms with Crippen molar-refractivity contribution < 1.29 is 29.1 Å². The van der Waals surface area contributed by atoms with Crippen LogP contribution in [0.5, 0.6) is 6.01 Å². The van der Waals surface area contributed by atoms with Gasteiger partial charge in [0, 0.05) is 30.9 Å². The molecule has 2 saturated heterocycles. The minimum atomic E-state index is -1.34. The van der Waals surface area contributed by atoms with E-state index in [1.165, 1.54) is 0 Å². The number of aliphatic hydroxyl groups is 2. The zero-order valence-corrected chi connectivity index (χ0v) is 18.2. The molecule has 2 atom stereocenters. The number of rotatable bonds is 7. The number of carbonyl (C=O) groups excluding carboxylic acids is 1. The maximum absolute atomic E-state index is 12.0. The summed E-state index contributed by atoms with van der Waals surface area (Å²) < 4.78 is 17.7. The van der Waals surface area contributed by atoms with Gasteiger partial charge in [-0.15, -0.1) is 0 Å². The summed E-state index contributed by atoms with van der Waals surface area (Å²) in [5.74, 6) is -0.137. The van der Waals surface area contributed by atoms with Crippen LogP contribution in [0.1, 0.15) is 47.0 Å². The minimum Gasteiger partial charge on any atom is -0.463 e. The minimum absolute atomic E-state index is 0.276. The number of piperidine rings is 1. The number of carbonyl (C=O) groups is 1. The van der Waals surface area contributed by atoms with Gasteiger partial charge in [0.05, 0.1) is 24.4 Å². The van der Waals surface area contributed by atoms with Crippen LogP contribution in [0.15, 0.2) is 12.4 Å². The van der Waals surface area contributed by atoms with Crippen molar-refractivity contribution in [3.05, 3.63) is 12.4 Å². The van der Waals surface area contributed by atoms with E-state index in [1.807, 2.05) is 27.7 Å². The van der Waals surface area contributed by atoms with Crippen molar-refractivity contribution in [2.24, 2.45) is 5.92 Å². The lowest BCUT2D eigenvalue weighted by atomic mass is 9.81. The van der Waals surface area contributed by atoms with Gasteiger partial charge >= 0.3 is 13.1 Å². The Labute approximate surface area is 177 Å². The van der Waals surface area contributed by atoms with Gasteiger partial charge in [-0.25, -0.2) is 9.97 Å². The Morgan fingerprint density at radius 1 is 1.30 bits per heavy atom. The molecule has 0 saturated carbocycles. The number of hydrogen-bond acceptors (Lipinski definition) is 8. The van der Waals surface area contributed by atoms with E-state index in [4.69, 9.17) is 19.2 Å². The molecule has 2 fully saturated rings. The highest BCUT2D eigenvalue weighted by Gasteiger charge is 2.52. The first-order chi connectivity index (χ1) is 14.1. The number of hydrogen-bond donors (Lipinski definition) is 2.